The summed E-state index contributed by atoms with van der Waals surface area (Å²) in [4.78, 5) is 3.49. The van der Waals surface area contributed by atoms with Gasteiger partial charge in [0.05, 0.1) is 5.57 Å². The van der Waals surface area contributed by atoms with Crippen LogP contribution in [0.2, 0.25) is 0 Å². The molecular weight excluding hydrogens is 322 g/mol. The van der Waals surface area contributed by atoms with Crippen LogP contribution in [0.1, 0.15) is 19.4 Å². The zero-order chi connectivity index (χ0) is 18.0. The van der Waals surface area contributed by atoms with Gasteiger partial charge in [-0.1, -0.05) is 56.8 Å². The van der Waals surface area contributed by atoms with Crippen molar-refractivity contribution < 1.29 is 22.3 Å². The van der Waals surface area contributed by atoms with Crippen LogP contribution in [0.5, 0.6) is 5.88 Å². The van der Waals surface area contributed by atoms with Gasteiger partial charge in [0.15, 0.2) is 0 Å². The van der Waals surface area contributed by atoms with E-state index >= 15 is 0 Å². The Morgan fingerprint density at radius 3 is 2.21 bits per heavy atom. The first-order valence-electron chi connectivity index (χ1n) is 7.23. The van der Waals surface area contributed by atoms with Crippen molar-refractivity contribution in [2.75, 3.05) is 0 Å². The van der Waals surface area contributed by atoms with Crippen LogP contribution in [0.15, 0.2) is 60.7 Å². The molecule has 0 bridgehead atoms. The molecule has 0 saturated heterocycles. The van der Waals surface area contributed by atoms with E-state index in [2.05, 4.69) is 11.6 Å². The van der Waals surface area contributed by atoms with E-state index < -0.39 is 29.2 Å². The number of benzene rings is 1. The van der Waals surface area contributed by atoms with Crippen molar-refractivity contribution in [1.29, 1.82) is 0 Å². The SMILES string of the molecule is C=C(C(Oc1cccc(F)n1)C(C)(C)c1ccccc1)C(F)(F)F. The molecule has 0 fully saturated rings. The van der Waals surface area contributed by atoms with Gasteiger partial charge in [-0.05, 0) is 11.6 Å². The predicted octanol–water partition coefficient (Wildman–Crippen LogP) is 5.06. The number of aromatic nitrogens is 1. The van der Waals surface area contributed by atoms with Gasteiger partial charge < -0.3 is 4.74 Å². The first-order chi connectivity index (χ1) is 11.1. The van der Waals surface area contributed by atoms with Gasteiger partial charge in [-0.15, -0.1) is 0 Å². The largest absolute Gasteiger partial charge is 0.468 e. The van der Waals surface area contributed by atoms with Gasteiger partial charge in [-0.3, -0.25) is 0 Å². The van der Waals surface area contributed by atoms with Gasteiger partial charge in [0, 0.05) is 11.5 Å². The minimum Gasteiger partial charge on any atom is -0.468 e. The first kappa shape index (κ1) is 18.0. The molecule has 0 saturated carbocycles. The molecule has 1 aromatic carbocycles. The number of hydrogen-bond donors (Lipinski definition) is 0. The number of nitrogens with zero attached hydrogens (tertiary/aromatic N) is 1. The number of rotatable bonds is 5. The number of ether oxygens (including phenoxy) is 1. The fourth-order valence-electron chi connectivity index (χ4n) is 2.40. The average Bonchev–Trinajstić information content (AvgIpc) is 2.52. The molecule has 1 aromatic heterocycles. The molecule has 0 aliphatic carbocycles. The molecule has 24 heavy (non-hydrogen) atoms. The Kier molecular flexibility index (Phi) is 4.96. The van der Waals surface area contributed by atoms with Gasteiger partial charge in [-0.25, -0.2) is 0 Å². The zero-order valence-corrected chi connectivity index (χ0v) is 13.3. The zero-order valence-electron chi connectivity index (χ0n) is 13.3. The molecule has 0 N–H and O–H groups in total. The summed E-state index contributed by atoms with van der Waals surface area (Å²) >= 11 is 0. The summed E-state index contributed by atoms with van der Waals surface area (Å²) in [5, 5.41) is 0. The van der Waals surface area contributed by atoms with Crippen LogP contribution in [-0.2, 0) is 5.41 Å². The van der Waals surface area contributed by atoms with Crippen molar-refractivity contribution >= 4 is 0 Å². The number of hydrogen-bond acceptors (Lipinski definition) is 2. The third-order valence-corrected chi connectivity index (χ3v) is 3.78. The molecule has 0 amide bonds. The van der Waals surface area contributed by atoms with E-state index in [-0.39, 0.29) is 5.88 Å². The second kappa shape index (κ2) is 6.63. The van der Waals surface area contributed by atoms with E-state index in [4.69, 9.17) is 4.74 Å². The van der Waals surface area contributed by atoms with Gasteiger partial charge in [0.1, 0.15) is 6.10 Å². The van der Waals surface area contributed by atoms with Crippen molar-refractivity contribution in [2.45, 2.75) is 31.5 Å². The van der Waals surface area contributed by atoms with Gasteiger partial charge in [-0.2, -0.15) is 22.5 Å². The Bertz CT molecular complexity index is 710. The molecule has 6 heteroatoms. The molecule has 128 valence electrons. The van der Waals surface area contributed by atoms with Crippen LogP contribution in [0.3, 0.4) is 0 Å². The summed E-state index contributed by atoms with van der Waals surface area (Å²) in [6.45, 7) is 6.39. The molecule has 2 nitrogen and oxygen atoms in total. The minimum atomic E-state index is -4.65. The van der Waals surface area contributed by atoms with Gasteiger partial charge in [0.2, 0.25) is 11.8 Å². The molecule has 1 atom stereocenters. The molecule has 0 spiro atoms. The third-order valence-electron chi connectivity index (χ3n) is 3.78. The molecule has 1 unspecified atom stereocenters. The summed E-state index contributed by atoms with van der Waals surface area (Å²) in [7, 11) is 0. The van der Waals surface area contributed by atoms with Crippen LogP contribution >= 0.6 is 0 Å². The lowest BCUT2D eigenvalue weighted by molar-refractivity contribution is -0.107. The van der Waals surface area contributed by atoms with E-state index in [0.29, 0.717) is 5.56 Å². The smallest absolute Gasteiger partial charge is 0.415 e. The topological polar surface area (TPSA) is 22.1 Å². The Morgan fingerprint density at radius 1 is 1.04 bits per heavy atom. The predicted molar refractivity (Wildman–Crippen MR) is 83.3 cm³/mol. The highest BCUT2D eigenvalue weighted by Crippen LogP contribution is 2.39. The Balaban J connectivity index is 2.45. The monoisotopic (exact) mass is 339 g/mol. The molecule has 0 radical (unpaired) electrons. The normalized spacial score (nSPS) is 13.4. The summed E-state index contributed by atoms with van der Waals surface area (Å²) < 4.78 is 58.4. The van der Waals surface area contributed by atoms with Crippen LogP contribution in [-0.4, -0.2) is 17.3 Å². The number of halogens is 4. The highest BCUT2D eigenvalue weighted by Gasteiger charge is 2.46. The molecule has 1 heterocycles. The number of alkyl halides is 3. The van der Waals surface area contributed by atoms with E-state index in [9.17, 15) is 17.6 Å². The lowest BCUT2D eigenvalue weighted by Crippen LogP contribution is -2.43. The highest BCUT2D eigenvalue weighted by molar-refractivity contribution is 5.32. The summed E-state index contributed by atoms with van der Waals surface area (Å²) in [6.07, 6.45) is -6.11. The first-order valence-corrected chi connectivity index (χ1v) is 7.23. The fraction of sp³-hybridized carbons (Fsp3) is 0.278. The lowest BCUT2D eigenvalue weighted by atomic mass is 9.76. The Hall–Kier alpha value is -2.37. The molecule has 2 rings (SSSR count). The standard InChI is InChI=1S/C18H17F4NO/c1-12(18(20,21)22)16(24-15-11-7-10-14(19)23-15)17(2,3)13-8-5-4-6-9-13/h4-11,16H,1H2,2-3H3. The Morgan fingerprint density at radius 2 is 1.67 bits per heavy atom. The molecule has 2 aromatic rings. The van der Waals surface area contributed by atoms with E-state index in [1.165, 1.54) is 12.1 Å². The maximum absolute atomic E-state index is 13.3. The lowest BCUT2D eigenvalue weighted by Gasteiger charge is -2.36. The quantitative estimate of drug-likeness (QED) is 0.431. The molecule has 0 aliphatic heterocycles. The second-order valence-corrected chi connectivity index (χ2v) is 5.91. The third kappa shape index (κ3) is 3.93. The van der Waals surface area contributed by atoms with Crippen molar-refractivity contribution in [1.82, 2.24) is 4.98 Å². The van der Waals surface area contributed by atoms with Gasteiger partial charge in [0.25, 0.3) is 0 Å². The van der Waals surface area contributed by atoms with Crippen LogP contribution in [0.25, 0.3) is 0 Å². The van der Waals surface area contributed by atoms with E-state index in [0.717, 1.165) is 6.07 Å². The second-order valence-electron chi connectivity index (χ2n) is 5.91. The van der Waals surface area contributed by atoms with Crippen molar-refractivity contribution in [3.63, 3.8) is 0 Å². The van der Waals surface area contributed by atoms with Crippen molar-refractivity contribution in [3.05, 3.63) is 72.2 Å². The maximum atomic E-state index is 13.3. The van der Waals surface area contributed by atoms with Crippen molar-refractivity contribution in [2.24, 2.45) is 0 Å². The number of pyridine rings is 1. The highest BCUT2D eigenvalue weighted by atomic mass is 19.4. The summed E-state index contributed by atoms with van der Waals surface area (Å²) in [5.74, 6) is -1.06. The van der Waals surface area contributed by atoms with Crippen molar-refractivity contribution in [3.8, 4) is 5.88 Å². The maximum Gasteiger partial charge on any atom is 0.415 e. The fourth-order valence-corrected chi connectivity index (χ4v) is 2.40. The minimum absolute atomic E-state index is 0.227. The van der Waals surface area contributed by atoms with E-state index in [1.807, 2.05) is 0 Å². The molecule has 0 aliphatic rings. The summed E-state index contributed by atoms with van der Waals surface area (Å²) in [6, 6.07) is 12.3. The molecular formula is C18H17F4NO. The van der Waals surface area contributed by atoms with Crippen LogP contribution in [0.4, 0.5) is 17.6 Å². The van der Waals surface area contributed by atoms with Gasteiger partial charge >= 0.3 is 6.18 Å². The summed E-state index contributed by atoms with van der Waals surface area (Å²) in [5.41, 5.74) is -1.48. The average molecular weight is 339 g/mol. The van der Waals surface area contributed by atoms with Crippen LogP contribution < -0.4 is 4.74 Å². The Labute approximate surface area is 137 Å². The van der Waals surface area contributed by atoms with E-state index in [1.54, 1.807) is 44.2 Å². The van der Waals surface area contributed by atoms with Crippen LogP contribution in [0, 0.1) is 5.95 Å².